The Morgan fingerprint density at radius 2 is 1.70 bits per heavy atom. The summed E-state index contributed by atoms with van der Waals surface area (Å²) in [6.45, 7) is 0. The van der Waals surface area contributed by atoms with Crippen LogP contribution in [0.25, 0.3) is 0 Å². The van der Waals surface area contributed by atoms with Crippen molar-refractivity contribution in [3.8, 4) is 0 Å². The zero-order valence-electron chi connectivity index (χ0n) is 10.5. The summed E-state index contributed by atoms with van der Waals surface area (Å²) >= 11 is 5.83. The molecule has 0 aromatic heterocycles. The molecule has 1 aromatic carbocycles. The molecular formula is C11H15ClN5O3+. The van der Waals surface area contributed by atoms with Crippen LogP contribution in [0, 0.1) is 10.8 Å². The molecule has 1 aromatic rings. The van der Waals surface area contributed by atoms with Gasteiger partial charge < -0.3 is 11.5 Å². The lowest BCUT2D eigenvalue weighted by Gasteiger charge is -2.03. The van der Waals surface area contributed by atoms with Crippen LogP contribution in [0.1, 0.15) is 18.4 Å². The predicted molar refractivity (Wildman–Crippen MR) is 73.7 cm³/mol. The van der Waals surface area contributed by atoms with Gasteiger partial charge in [0, 0.05) is 10.9 Å². The Labute approximate surface area is 119 Å². The maximum atomic E-state index is 8.47. The van der Waals surface area contributed by atoms with Crippen molar-refractivity contribution in [2.75, 3.05) is 0 Å². The molecule has 1 aliphatic carbocycles. The van der Waals surface area contributed by atoms with E-state index >= 15 is 0 Å². The number of nitrogens with zero attached hydrogens (tertiary/aromatic N) is 3. The average Bonchev–Trinajstić information content (AvgIpc) is 3.15. The lowest BCUT2D eigenvalue weighted by atomic mass is 10.1. The van der Waals surface area contributed by atoms with Crippen molar-refractivity contribution in [1.29, 1.82) is 0 Å². The molecule has 20 heavy (non-hydrogen) atoms. The minimum atomic E-state index is -1.25. The predicted octanol–water partition coefficient (Wildman–Crippen LogP) is 1.27. The van der Waals surface area contributed by atoms with Gasteiger partial charge in [-0.3, -0.25) is 0 Å². The Balaban J connectivity index is 0.000000444. The Kier molecular flexibility index (Phi) is 5.73. The number of halogens is 1. The summed E-state index contributed by atoms with van der Waals surface area (Å²) in [7, 11) is 0. The summed E-state index contributed by atoms with van der Waals surface area (Å²) in [5.41, 5.74) is 12.5. The maximum absolute atomic E-state index is 8.47. The molecule has 0 atom stereocenters. The van der Waals surface area contributed by atoms with Gasteiger partial charge in [-0.25, -0.2) is 10.4 Å². The molecule has 0 amide bonds. The first-order chi connectivity index (χ1) is 9.40. The van der Waals surface area contributed by atoms with E-state index in [9.17, 15) is 0 Å². The largest absolute Gasteiger partial charge is 0.472 e. The molecule has 1 aliphatic rings. The van der Waals surface area contributed by atoms with Crippen molar-refractivity contribution >= 4 is 23.3 Å². The highest BCUT2D eigenvalue weighted by molar-refractivity contribution is 6.30. The third-order valence-electron chi connectivity index (χ3n) is 2.38. The topological polar surface area (TPSA) is 137 Å². The number of nitrogens with two attached hydrogens (primary N) is 2. The molecule has 0 aliphatic heterocycles. The SMILES string of the molecule is NC(N)=N/N=C(/c1ccc(Cl)cc1)C1CC1.O=[N+](O)O. The molecule has 0 bridgehead atoms. The van der Waals surface area contributed by atoms with E-state index in [-0.39, 0.29) is 5.96 Å². The fourth-order valence-electron chi connectivity index (χ4n) is 1.46. The molecular weight excluding hydrogens is 286 g/mol. The van der Waals surface area contributed by atoms with Gasteiger partial charge >= 0.3 is 5.09 Å². The molecule has 1 saturated carbocycles. The summed E-state index contributed by atoms with van der Waals surface area (Å²) < 4.78 is 0. The average molecular weight is 301 g/mol. The van der Waals surface area contributed by atoms with Crippen LogP contribution in [0.2, 0.25) is 5.02 Å². The summed E-state index contributed by atoms with van der Waals surface area (Å²) in [5.74, 6) is 0.455. The number of hydrogen-bond donors (Lipinski definition) is 4. The molecule has 0 spiro atoms. The maximum Gasteiger partial charge on any atom is 0.472 e. The van der Waals surface area contributed by atoms with Crippen LogP contribution < -0.4 is 11.5 Å². The fraction of sp³-hybridized carbons (Fsp3) is 0.273. The molecule has 6 N–H and O–H groups in total. The van der Waals surface area contributed by atoms with E-state index in [1.54, 1.807) is 0 Å². The van der Waals surface area contributed by atoms with E-state index in [1.807, 2.05) is 24.3 Å². The molecule has 2 rings (SSSR count). The van der Waals surface area contributed by atoms with Crippen LogP contribution in [0.4, 0.5) is 0 Å². The first kappa shape index (κ1) is 15.7. The van der Waals surface area contributed by atoms with Gasteiger partial charge in [0.15, 0.2) is 0 Å². The first-order valence-electron chi connectivity index (χ1n) is 5.67. The Bertz CT molecular complexity index is 517. The number of rotatable bonds is 3. The molecule has 0 saturated heterocycles. The monoisotopic (exact) mass is 300 g/mol. The molecule has 0 radical (unpaired) electrons. The highest BCUT2D eigenvalue weighted by atomic mass is 35.5. The second-order valence-electron chi connectivity index (χ2n) is 4.04. The van der Waals surface area contributed by atoms with Gasteiger partial charge in [-0.1, -0.05) is 23.7 Å². The molecule has 0 unspecified atom stereocenters. The molecule has 9 heteroatoms. The highest BCUT2D eigenvalue weighted by Crippen LogP contribution is 2.33. The van der Waals surface area contributed by atoms with Gasteiger partial charge in [0.25, 0.3) is 0 Å². The van der Waals surface area contributed by atoms with E-state index in [2.05, 4.69) is 10.2 Å². The lowest BCUT2D eigenvalue weighted by Crippen LogP contribution is -2.22. The summed E-state index contributed by atoms with van der Waals surface area (Å²) in [6, 6.07) is 7.54. The highest BCUT2D eigenvalue weighted by Gasteiger charge is 2.28. The minimum Gasteiger partial charge on any atom is -0.369 e. The molecule has 108 valence electrons. The zero-order valence-corrected chi connectivity index (χ0v) is 11.2. The Morgan fingerprint density at radius 3 is 2.10 bits per heavy atom. The number of benzene rings is 1. The van der Waals surface area contributed by atoms with Gasteiger partial charge in [0.2, 0.25) is 5.96 Å². The van der Waals surface area contributed by atoms with E-state index in [1.165, 1.54) is 0 Å². The van der Waals surface area contributed by atoms with Crippen molar-refractivity contribution < 1.29 is 15.5 Å². The lowest BCUT2D eigenvalue weighted by molar-refractivity contribution is -0.969. The van der Waals surface area contributed by atoms with Crippen LogP contribution in [0.5, 0.6) is 0 Å². The van der Waals surface area contributed by atoms with Crippen molar-refractivity contribution in [1.82, 2.24) is 0 Å². The van der Waals surface area contributed by atoms with Gasteiger partial charge in [-0.2, -0.15) is 5.10 Å². The van der Waals surface area contributed by atoms with Crippen molar-refractivity contribution in [3.63, 3.8) is 0 Å². The third kappa shape index (κ3) is 6.01. The van der Waals surface area contributed by atoms with Gasteiger partial charge in [0.05, 0.1) is 5.71 Å². The minimum absolute atomic E-state index is 0.0212. The third-order valence-corrected chi connectivity index (χ3v) is 2.63. The standard InChI is InChI=1S/C11H13ClN4.H2NO3/c12-9-5-3-8(4-6-9)10(7-1-2-7)15-16-11(13)14;2-1(3)4/h3-7H,1-2H2,(H4,13,14,16);(H2,2,3,4)/q;+1/b15-10+;. The quantitative estimate of drug-likeness (QED) is 0.378. The first-order valence-corrected chi connectivity index (χ1v) is 6.05. The van der Waals surface area contributed by atoms with Gasteiger partial charge in [0.1, 0.15) is 4.91 Å². The Hall–Kier alpha value is -2.35. The van der Waals surface area contributed by atoms with Gasteiger partial charge in [-0.05, 0) is 30.5 Å². The second-order valence-corrected chi connectivity index (χ2v) is 4.48. The van der Waals surface area contributed by atoms with Crippen LogP contribution in [0.15, 0.2) is 34.5 Å². The number of hydrogen-bond acceptors (Lipinski definition) is 3. The van der Waals surface area contributed by atoms with Crippen LogP contribution in [-0.4, -0.2) is 27.2 Å². The molecule has 8 nitrogen and oxygen atoms in total. The summed E-state index contributed by atoms with van der Waals surface area (Å²) in [6.07, 6.45) is 2.28. The molecule has 1 fully saturated rings. The summed E-state index contributed by atoms with van der Waals surface area (Å²) in [4.78, 5) is 8.47. The van der Waals surface area contributed by atoms with E-state index < -0.39 is 5.09 Å². The van der Waals surface area contributed by atoms with Gasteiger partial charge in [-0.15, -0.1) is 5.10 Å². The second kappa shape index (κ2) is 7.29. The number of guanidine groups is 1. The summed E-state index contributed by atoms with van der Waals surface area (Å²) in [5, 5.41) is 21.0. The van der Waals surface area contributed by atoms with Crippen LogP contribution in [-0.2, 0) is 0 Å². The van der Waals surface area contributed by atoms with E-state index in [0.29, 0.717) is 10.9 Å². The smallest absolute Gasteiger partial charge is 0.369 e. The van der Waals surface area contributed by atoms with Crippen LogP contribution >= 0.6 is 11.6 Å². The Morgan fingerprint density at radius 1 is 1.20 bits per heavy atom. The fourth-order valence-corrected chi connectivity index (χ4v) is 1.59. The van der Waals surface area contributed by atoms with E-state index in [4.69, 9.17) is 38.4 Å². The molecule has 0 heterocycles. The zero-order chi connectivity index (χ0) is 15.1. The van der Waals surface area contributed by atoms with Crippen molar-refractivity contribution in [2.24, 2.45) is 27.6 Å². The van der Waals surface area contributed by atoms with Crippen LogP contribution in [0.3, 0.4) is 0 Å². The normalized spacial score (nSPS) is 13.9. The van der Waals surface area contributed by atoms with E-state index in [0.717, 1.165) is 24.1 Å². The van der Waals surface area contributed by atoms with Crippen molar-refractivity contribution in [3.05, 3.63) is 39.8 Å². The van der Waals surface area contributed by atoms with Crippen molar-refractivity contribution in [2.45, 2.75) is 12.8 Å².